The van der Waals surface area contributed by atoms with Crippen molar-refractivity contribution in [2.75, 3.05) is 0 Å². The molecular weight excluding hydrogens is 218 g/mol. The van der Waals surface area contributed by atoms with E-state index in [9.17, 15) is 4.79 Å². The molecular formula is C13H17NOS. The zero-order chi connectivity index (χ0) is 11.7. The van der Waals surface area contributed by atoms with E-state index >= 15 is 0 Å². The van der Waals surface area contributed by atoms with Crippen LogP contribution in [0.1, 0.15) is 38.7 Å². The molecule has 2 aromatic rings. The number of aromatic nitrogens is 1. The Balaban J connectivity index is 2.64. The smallest absolute Gasteiger partial charge is 0.299 e. The average molecular weight is 235 g/mol. The lowest BCUT2D eigenvalue weighted by atomic mass is 9.98. The highest BCUT2D eigenvalue weighted by Gasteiger charge is 2.09. The van der Waals surface area contributed by atoms with Crippen molar-refractivity contribution in [1.82, 2.24) is 4.57 Å². The molecule has 1 heterocycles. The second-order valence-electron chi connectivity index (χ2n) is 4.15. The van der Waals surface area contributed by atoms with Crippen LogP contribution in [0.2, 0.25) is 0 Å². The number of hydrogen-bond donors (Lipinski definition) is 0. The molecule has 1 unspecified atom stereocenters. The Morgan fingerprint density at radius 2 is 2.12 bits per heavy atom. The molecule has 1 aromatic carbocycles. The Morgan fingerprint density at radius 1 is 1.38 bits per heavy atom. The van der Waals surface area contributed by atoms with E-state index in [1.807, 2.05) is 11.5 Å². The topological polar surface area (TPSA) is 22.0 Å². The van der Waals surface area contributed by atoms with Crippen LogP contribution in [0, 0.1) is 0 Å². The first-order chi connectivity index (χ1) is 7.67. The van der Waals surface area contributed by atoms with Gasteiger partial charge in [0, 0.05) is 6.54 Å². The number of thiazole rings is 1. The van der Waals surface area contributed by atoms with Crippen molar-refractivity contribution in [2.45, 2.75) is 39.7 Å². The third-order valence-corrected chi connectivity index (χ3v) is 4.15. The molecule has 0 aliphatic heterocycles. The summed E-state index contributed by atoms with van der Waals surface area (Å²) in [7, 11) is 0. The first-order valence-electron chi connectivity index (χ1n) is 5.80. The molecule has 0 spiro atoms. The number of hydrogen-bond acceptors (Lipinski definition) is 2. The maximum Gasteiger partial charge on any atom is 0.308 e. The van der Waals surface area contributed by atoms with Crippen molar-refractivity contribution in [3.8, 4) is 0 Å². The van der Waals surface area contributed by atoms with E-state index < -0.39 is 0 Å². The molecule has 1 aromatic heterocycles. The minimum absolute atomic E-state index is 0.152. The van der Waals surface area contributed by atoms with Gasteiger partial charge in [-0.15, -0.1) is 0 Å². The Bertz CT molecular complexity index is 553. The highest BCUT2D eigenvalue weighted by atomic mass is 32.1. The van der Waals surface area contributed by atoms with Gasteiger partial charge in [-0.2, -0.15) is 0 Å². The fraction of sp³-hybridized carbons (Fsp3) is 0.462. The van der Waals surface area contributed by atoms with Crippen molar-refractivity contribution >= 4 is 21.6 Å². The van der Waals surface area contributed by atoms with E-state index in [4.69, 9.17) is 0 Å². The predicted molar refractivity (Wildman–Crippen MR) is 70.5 cm³/mol. The summed E-state index contributed by atoms with van der Waals surface area (Å²) in [5, 5.41) is 0. The summed E-state index contributed by atoms with van der Waals surface area (Å²) in [5.74, 6) is 0.560. The second-order valence-corrected chi connectivity index (χ2v) is 5.14. The zero-order valence-corrected chi connectivity index (χ0v) is 10.8. The molecule has 0 N–H and O–H groups in total. The lowest BCUT2D eigenvalue weighted by Crippen LogP contribution is -2.10. The third kappa shape index (κ3) is 1.80. The van der Waals surface area contributed by atoms with Gasteiger partial charge in [0.2, 0.25) is 0 Å². The highest BCUT2D eigenvalue weighted by molar-refractivity contribution is 7.16. The van der Waals surface area contributed by atoms with Crippen LogP contribution in [0.4, 0.5) is 0 Å². The molecule has 0 saturated carbocycles. The van der Waals surface area contributed by atoms with E-state index in [1.54, 1.807) is 0 Å². The summed E-state index contributed by atoms with van der Waals surface area (Å²) in [6.45, 7) is 7.18. The minimum Gasteiger partial charge on any atom is -0.299 e. The first-order valence-corrected chi connectivity index (χ1v) is 6.62. The Kier molecular flexibility index (Phi) is 3.15. The molecule has 0 fully saturated rings. The minimum atomic E-state index is 0.152. The van der Waals surface area contributed by atoms with Crippen LogP contribution in [0.25, 0.3) is 10.2 Å². The van der Waals surface area contributed by atoms with E-state index in [-0.39, 0.29) is 4.87 Å². The highest BCUT2D eigenvalue weighted by Crippen LogP contribution is 2.24. The summed E-state index contributed by atoms with van der Waals surface area (Å²) in [6.07, 6.45) is 1.13. The number of fused-ring (bicyclic) bond motifs is 1. The lowest BCUT2D eigenvalue weighted by Gasteiger charge is -2.09. The van der Waals surface area contributed by atoms with E-state index in [0.717, 1.165) is 23.2 Å². The normalized spacial score (nSPS) is 13.2. The molecule has 0 saturated heterocycles. The van der Waals surface area contributed by atoms with Crippen LogP contribution < -0.4 is 4.87 Å². The Morgan fingerprint density at radius 3 is 2.75 bits per heavy atom. The van der Waals surface area contributed by atoms with Gasteiger partial charge < -0.3 is 0 Å². The van der Waals surface area contributed by atoms with Gasteiger partial charge in [0.15, 0.2) is 0 Å². The molecule has 0 amide bonds. The molecule has 1 atom stereocenters. The zero-order valence-electron chi connectivity index (χ0n) is 9.99. The summed E-state index contributed by atoms with van der Waals surface area (Å²) in [4.78, 5) is 11.9. The van der Waals surface area contributed by atoms with Gasteiger partial charge in [0.05, 0.1) is 10.2 Å². The lowest BCUT2D eigenvalue weighted by molar-refractivity contribution is 0.731. The van der Waals surface area contributed by atoms with Crippen LogP contribution >= 0.6 is 11.3 Å². The van der Waals surface area contributed by atoms with Crippen molar-refractivity contribution in [3.63, 3.8) is 0 Å². The Hall–Kier alpha value is -1.09. The largest absolute Gasteiger partial charge is 0.308 e. The number of rotatable bonds is 3. The van der Waals surface area contributed by atoms with Gasteiger partial charge in [-0.05, 0) is 37.0 Å². The number of nitrogens with zero attached hydrogens (tertiary/aromatic N) is 1. The van der Waals surface area contributed by atoms with Gasteiger partial charge in [0.25, 0.3) is 0 Å². The van der Waals surface area contributed by atoms with E-state index in [0.29, 0.717) is 5.92 Å². The summed E-state index contributed by atoms with van der Waals surface area (Å²) >= 11 is 1.34. The predicted octanol–water partition coefficient (Wildman–Crippen LogP) is 3.60. The van der Waals surface area contributed by atoms with Gasteiger partial charge in [-0.3, -0.25) is 9.36 Å². The molecule has 3 heteroatoms. The van der Waals surface area contributed by atoms with Crippen molar-refractivity contribution in [3.05, 3.63) is 33.4 Å². The fourth-order valence-corrected chi connectivity index (χ4v) is 2.86. The van der Waals surface area contributed by atoms with Crippen LogP contribution in [0.5, 0.6) is 0 Å². The van der Waals surface area contributed by atoms with Crippen molar-refractivity contribution < 1.29 is 0 Å². The maximum atomic E-state index is 11.7. The van der Waals surface area contributed by atoms with E-state index in [1.165, 1.54) is 16.9 Å². The number of benzene rings is 1. The average Bonchev–Trinajstić information content (AvgIpc) is 2.62. The molecule has 0 bridgehead atoms. The molecule has 2 nitrogen and oxygen atoms in total. The summed E-state index contributed by atoms with van der Waals surface area (Å²) < 4.78 is 2.95. The quantitative estimate of drug-likeness (QED) is 0.796. The van der Waals surface area contributed by atoms with Crippen molar-refractivity contribution in [2.24, 2.45) is 0 Å². The monoisotopic (exact) mass is 235 g/mol. The second kappa shape index (κ2) is 4.42. The van der Waals surface area contributed by atoms with Gasteiger partial charge >= 0.3 is 4.87 Å². The molecule has 2 rings (SSSR count). The molecule has 0 aliphatic carbocycles. The summed E-state index contributed by atoms with van der Waals surface area (Å²) in [5.41, 5.74) is 2.42. The Labute approximate surface area is 99.5 Å². The first kappa shape index (κ1) is 11.4. The third-order valence-electron chi connectivity index (χ3n) is 3.19. The van der Waals surface area contributed by atoms with Gasteiger partial charge in [-0.25, -0.2) is 0 Å². The summed E-state index contributed by atoms with van der Waals surface area (Å²) in [6, 6.07) is 6.40. The fourth-order valence-electron chi connectivity index (χ4n) is 1.92. The molecule has 16 heavy (non-hydrogen) atoms. The van der Waals surface area contributed by atoms with Crippen molar-refractivity contribution in [1.29, 1.82) is 0 Å². The van der Waals surface area contributed by atoms with Crippen LogP contribution in [-0.4, -0.2) is 4.57 Å². The standard InChI is InChI=1S/C13H17NOS/c1-4-9(3)10-6-7-12-11(8-10)14(5-2)13(15)16-12/h6-9H,4-5H2,1-3H3. The van der Waals surface area contributed by atoms with Crippen LogP contribution in [-0.2, 0) is 6.54 Å². The molecule has 0 aliphatic rings. The SMILES string of the molecule is CCC(C)c1ccc2sc(=O)n(CC)c2c1. The van der Waals surface area contributed by atoms with Crippen LogP contribution in [0.15, 0.2) is 23.0 Å². The van der Waals surface area contributed by atoms with E-state index in [2.05, 4.69) is 32.0 Å². The maximum absolute atomic E-state index is 11.7. The van der Waals surface area contributed by atoms with Crippen LogP contribution in [0.3, 0.4) is 0 Å². The van der Waals surface area contributed by atoms with Gasteiger partial charge in [0.1, 0.15) is 0 Å². The number of aryl methyl sites for hydroxylation is 1. The van der Waals surface area contributed by atoms with Gasteiger partial charge in [-0.1, -0.05) is 31.3 Å². The molecule has 0 radical (unpaired) electrons. The molecule has 86 valence electrons.